The van der Waals surface area contributed by atoms with Gasteiger partial charge in [0.2, 0.25) is 5.95 Å². The maximum Gasteiger partial charge on any atom is 0.224 e. The van der Waals surface area contributed by atoms with Crippen LogP contribution in [-0.2, 0) is 0 Å². The summed E-state index contributed by atoms with van der Waals surface area (Å²) in [5.41, 5.74) is 4.72. The van der Waals surface area contributed by atoms with Gasteiger partial charge in [-0.15, -0.1) is 11.3 Å². The molecule has 0 fully saturated rings. The van der Waals surface area contributed by atoms with Crippen molar-refractivity contribution in [1.29, 1.82) is 0 Å². The molecular formula is C24H36N6OS. The first kappa shape index (κ1) is 24.3. The average Bonchev–Trinajstić information content (AvgIpc) is 3.18. The van der Waals surface area contributed by atoms with Crippen LogP contribution in [0.3, 0.4) is 0 Å². The molecule has 0 aliphatic carbocycles. The van der Waals surface area contributed by atoms with Crippen LogP contribution in [-0.4, -0.2) is 44.7 Å². The van der Waals surface area contributed by atoms with E-state index in [0.29, 0.717) is 11.9 Å². The van der Waals surface area contributed by atoms with Crippen LogP contribution in [0.15, 0.2) is 6.07 Å². The lowest BCUT2D eigenvalue weighted by molar-refractivity contribution is 0.217. The maximum absolute atomic E-state index is 9.54. The Morgan fingerprint density at radius 3 is 2.50 bits per heavy atom. The number of nitrogens with one attached hydrogen (secondary N) is 2. The summed E-state index contributed by atoms with van der Waals surface area (Å²) in [6, 6.07) is 2.09. The molecule has 174 valence electrons. The zero-order valence-electron chi connectivity index (χ0n) is 20.0. The van der Waals surface area contributed by atoms with E-state index in [4.69, 9.17) is 15.0 Å². The van der Waals surface area contributed by atoms with Crippen molar-refractivity contribution in [3.8, 4) is 10.6 Å². The highest BCUT2D eigenvalue weighted by Gasteiger charge is 2.19. The fourth-order valence-corrected chi connectivity index (χ4v) is 4.98. The topological polar surface area (TPSA) is 95.9 Å². The SMILES string of the molecule is CCCCCNc1nc(C)c(-c2nc3c(C)nc(C)cc3s2)c(NCCC(CC)CO)n1. The number of thiazole rings is 1. The predicted octanol–water partition coefficient (Wildman–Crippen LogP) is 5.50. The molecule has 0 radical (unpaired) electrons. The third kappa shape index (κ3) is 5.92. The van der Waals surface area contributed by atoms with Gasteiger partial charge in [0, 0.05) is 25.4 Å². The van der Waals surface area contributed by atoms with Crippen molar-refractivity contribution in [2.24, 2.45) is 5.92 Å². The van der Waals surface area contributed by atoms with Crippen LogP contribution in [0.1, 0.15) is 63.0 Å². The Morgan fingerprint density at radius 1 is 0.969 bits per heavy atom. The van der Waals surface area contributed by atoms with Crippen LogP contribution in [0, 0.1) is 26.7 Å². The summed E-state index contributed by atoms with van der Waals surface area (Å²) in [6.07, 6.45) is 5.31. The second-order valence-corrected chi connectivity index (χ2v) is 9.41. The number of hydrogen-bond donors (Lipinski definition) is 3. The quantitative estimate of drug-likeness (QED) is 0.310. The summed E-state index contributed by atoms with van der Waals surface area (Å²) in [4.78, 5) is 19.0. The average molecular weight is 457 g/mol. The van der Waals surface area contributed by atoms with Crippen LogP contribution in [0.4, 0.5) is 11.8 Å². The molecule has 0 spiro atoms. The number of rotatable bonds is 12. The van der Waals surface area contributed by atoms with Crippen molar-refractivity contribution in [3.63, 3.8) is 0 Å². The Hall–Kier alpha value is -2.32. The smallest absolute Gasteiger partial charge is 0.224 e. The maximum atomic E-state index is 9.54. The molecule has 0 amide bonds. The van der Waals surface area contributed by atoms with Gasteiger partial charge in [-0.1, -0.05) is 33.1 Å². The van der Waals surface area contributed by atoms with Crippen LogP contribution >= 0.6 is 11.3 Å². The Kier molecular flexibility index (Phi) is 8.75. The molecule has 0 bridgehead atoms. The van der Waals surface area contributed by atoms with E-state index < -0.39 is 0 Å². The van der Waals surface area contributed by atoms with Crippen LogP contribution in [0.2, 0.25) is 0 Å². The van der Waals surface area contributed by atoms with Gasteiger partial charge in [0.1, 0.15) is 16.3 Å². The largest absolute Gasteiger partial charge is 0.396 e. The molecule has 0 aromatic carbocycles. The number of pyridine rings is 1. The number of hydrogen-bond acceptors (Lipinski definition) is 8. The van der Waals surface area contributed by atoms with Crippen molar-refractivity contribution in [3.05, 3.63) is 23.1 Å². The van der Waals surface area contributed by atoms with Crippen LogP contribution in [0.25, 0.3) is 20.8 Å². The molecule has 1 atom stereocenters. The van der Waals surface area contributed by atoms with Crippen molar-refractivity contribution in [2.45, 2.75) is 66.7 Å². The van der Waals surface area contributed by atoms with Crippen molar-refractivity contribution < 1.29 is 5.11 Å². The molecule has 0 saturated heterocycles. The zero-order valence-corrected chi connectivity index (χ0v) is 20.8. The Balaban J connectivity index is 1.94. The molecular weight excluding hydrogens is 420 g/mol. The number of aliphatic hydroxyl groups excluding tert-OH is 1. The summed E-state index contributed by atoms with van der Waals surface area (Å²) < 4.78 is 1.13. The molecule has 0 aliphatic heterocycles. The lowest BCUT2D eigenvalue weighted by atomic mass is 10.0. The third-order valence-electron chi connectivity index (χ3n) is 5.73. The first-order chi connectivity index (χ1) is 15.5. The molecule has 3 aromatic heterocycles. The first-order valence-electron chi connectivity index (χ1n) is 11.7. The lowest BCUT2D eigenvalue weighted by Gasteiger charge is -2.16. The summed E-state index contributed by atoms with van der Waals surface area (Å²) in [5.74, 6) is 1.73. The van der Waals surface area contributed by atoms with E-state index in [2.05, 4.69) is 35.5 Å². The standard InChI is InChI=1S/C24H36N6OS/c1-6-8-9-11-26-24-28-16(4)20(22(30-24)25-12-10-18(7-2)14-31)23-29-21-17(5)27-15(3)13-19(21)32-23/h13,18,31H,6-12,14H2,1-5H3,(H2,25,26,28,30). The number of aliphatic hydroxyl groups is 1. The Morgan fingerprint density at radius 2 is 1.78 bits per heavy atom. The summed E-state index contributed by atoms with van der Waals surface area (Å²) in [6.45, 7) is 12.2. The van der Waals surface area contributed by atoms with E-state index in [9.17, 15) is 5.11 Å². The van der Waals surface area contributed by atoms with Gasteiger partial charge in [-0.05, 0) is 45.6 Å². The summed E-state index contributed by atoms with van der Waals surface area (Å²) in [5, 5.41) is 17.3. The van der Waals surface area contributed by atoms with Crippen LogP contribution < -0.4 is 10.6 Å². The van der Waals surface area contributed by atoms with Gasteiger partial charge in [0.15, 0.2) is 0 Å². The minimum absolute atomic E-state index is 0.210. The number of anilines is 2. The van der Waals surface area contributed by atoms with Gasteiger partial charge in [-0.3, -0.25) is 4.98 Å². The normalized spacial score (nSPS) is 12.3. The second-order valence-electron chi connectivity index (χ2n) is 8.38. The minimum atomic E-state index is 0.210. The van der Waals surface area contributed by atoms with Crippen LogP contribution in [0.5, 0.6) is 0 Å². The molecule has 0 aliphatic rings. The molecule has 32 heavy (non-hydrogen) atoms. The number of aromatic nitrogens is 4. The van der Waals surface area contributed by atoms with Crippen molar-refractivity contribution in [1.82, 2.24) is 19.9 Å². The number of unbranched alkanes of at least 4 members (excludes halogenated alkanes) is 2. The van der Waals surface area contributed by atoms with Gasteiger partial charge in [0.05, 0.1) is 21.7 Å². The van der Waals surface area contributed by atoms with E-state index in [0.717, 1.165) is 76.0 Å². The molecule has 1 unspecified atom stereocenters. The van der Waals surface area contributed by atoms with Gasteiger partial charge in [-0.2, -0.15) is 4.98 Å². The van der Waals surface area contributed by atoms with Gasteiger partial charge >= 0.3 is 0 Å². The fourth-order valence-electron chi connectivity index (χ4n) is 3.77. The lowest BCUT2D eigenvalue weighted by Crippen LogP contribution is -2.15. The molecule has 7 nitrogen and oxygen atoms in total. The summed E-state index contributed by atoms with van der Waals surface area (Å²) >= 11 is 1.65. The number of aryl methyl sites for hydroxylation is 3. The van der Waals surface area contributed by atoms with Crippen molar-refractivity contribution in [2.75, 3.05) is 30.3 Å². The molecule has 3 aromatic rings. The van der Waals surface area contributed by atoms with Gasteiger partial charge in [-0.25, -0.2) is 9.97 Å². The first-order valence-corrected chi connectivity index (χ1v) is 12.5. The third-order valence-corrected chi connectivity index (χ3v) is 6.75. The molecule has 3 rings (SSSR count). The number of fused-ring (bicyclic) bond motifs is 1. The second kappa shape index (κ2) is 11.5. The number of nitrogens with zero attached hydrogens (tertiary/aromatic N) is 4. The highest BCUT2D eigenvalue weighted by Crippen LogP contribution is 2.37. The molecule has 8 heteroatoms. The highest BCUT2D eigenvalue weighted by atomic mass is 32.1. The van der Waals surface area contributed by atoms with Crippen molar-refractivity contribution >= 4 is 33.3 Å². The molecule has 3 N–H and O–H groups in total. The monoisotopic (exact) mass is 456 g/mol. The predicted molar refractivity (Wildman–Crippen MR) is 135 cm³/mol. The Bertz CT molecular complexity index is 1030. The van der Waals surface area contributed by atoms with E-state index in [-0.39, 0.29) is 6.61 Å². The van der Waals surface area contributed by atoms with Gasteiger partial charge < -0.3 is 15.7 Å². The van der Waals surface area contributed by atoms with E-state index in [1.165, 1.54) is 12.8 Å². The molecule has 0 saturated carbocycles. The Labute approximate surface area is 195 Å². The van der Waals surface area contributed by atoms with E-state index in [1.54, 1.807) is 11.3 Å². The van der Waals surface area contributed by atoms with E-state index in [1.807, 2.05) is 20.8 Å². The van der Waals surface area contributed by atoms with Gasteiger partial charge in [0.25, 0.3) is 0 Å². The summed E-state index contributed by atoms with van der Waals surface area (Å²) in [7, 11) is 0. The van der Waals surface area contributed by atoms with E-state index >= 15 is 0 Å². The highest BCUT2D eigenvalue weighted by molar-refractivity contribution is 7.21. The molecule has 3 heterocycles. The minimum Gasteiger partial charge on any atom is -0.396 e. The zero-order chi connectivity index (χ0) is 23.1. The fraction of sp³-hybridized carbons (Fsp3) is 0.583.